The second kappa shape index (κ2) is 7.06. The van der Waals surface area contributed by atoms with E-state index in [0.717, 1.165) is 38.3 Å². The summed E-state index contributed by atoms with van der Waals surface area (Å²) in [5.74, 6) is 0.248. The predicted octanol–water partition coefficient (Wildman–Crippen LogP) is 1.05. The van der Waals surface area contributed by atoms with E-state index in [2.05, 4.69) is 16.3 Å². The Kier molecular flexibility index (Phi) is 5.14. The molecule has 2 aliphatic heterocycles. The summed E-state index contributed by atoms with van der Waals surface area (Å²) < 4.78 is 0. The maximum absolute atomic E-state index is 11.4. The predicted molar refractivity (Wildman–Crippen MR) is 85.0 cm³/mol. The third-order valence-corrected chi connectivity index (χ3v) is 4.07. The molecule has 0 spiro atoms. The van der Waals surface area contributed by atoms with Crippen molar-refractivity contribution < 1.29 is 14.4 Å². The van der Waals surface area contributed by atoms with Gasteiger partial charge in [-0.1, -0.05) is 0 Å². The Balaban J connectivity index is 0.000000847. The topological polar surface area (TPSA) is 69.7 Å². The first-order valence-electron chi connectivity index (χ1n) is 7.35. The minimum Gasteiger partial charge on any atom is -0.368 e. The molecule has 0 aliphatic carbocycles. The first kappa shape index (κ1) is 16.0. The number of aryl methyl sites for hydroxylation is 1. The quantitative estimate of drug-likeness (QED) is 0.842. The molecular weight excluding hydrogens is 282 g/mol. The van der Waals surface area contributed by atoms with Crippen molar-refractivity contribution in [3.63, 3.8) is 0 Å². The molecule has 22 heavy (non-hydrogen) atoms. The number of nitrogens with zero attached hydrogens (tertiary/aromatic N) is 2. The number of hydrogen-bond acceptors (Lipinski definition) is 4. The zero-order valence-electron chi connectivity index (χ0n) is 12.8. The van der Waals surface area contributed by atoms with Crippen LogP contribution in [0, 0.1) is 0 Å². The van der Waals surface area contributed by atoms with Crippen LogP contribution in [0.5, 0.6) is 0 Å². The molecule has 1 aromatic carbocycles. The SMILES string of the molecule is C=O.CC(=O)N1CCN(c2ccc3c(c2)CCC(=O)N3)CC1. The van der Waals surface area contributed by atoms with Crippen LogP contribution < -0.4 is 10.2 Å². The van der Waals surface area contributed by atoms with Crippen molar-refractivity contribution in [2.45, 2.75) is 19.8 Å². The Labute approximate surface area is 130 Å². The number of rotatable bonds is 1. The molecule has 0 aromatic heterocycles. The fourth-order valence-electron chi connectivity index (χ4n) is 2.85. The van der Waals surface area contributed by atoms with Crippen LogP contribution in [0.2, 0.25) is 0 Å². The molecular formula is C16H21N3O3. The highest BCUT2D eigenvalue weighted by molar-refractivity contribution is 5.94. The third kappa shape index (κ3) is 3.44. The van der Waals surface area contributed by atoms with Gasteiger partial charge in [0.05, 0.1) is 0 Å². The third-order valence-electron chi connectivity index (χ3n) is 4.07. The molecule has 1 N–H and O–H groups in total. The van der Waals surface area contributed by atoms with E-state index >= 15 is 0 Å². The summed E-state index contributed by atoms with van der Waals surface area (Å²) in [5.41, 5.74) is 3.33. The van der Waals surface area contributed by atoms with Crippen molar-refractivity contribution in [1.29, 1.82) is 0 Å². The smallest absolute Gasteiger partial charge is 0.224 e. The standard InChI is InChI=1S/C15H19N3O2.CH2O/c1-11(19)17-6-8-18(9-7-17)13-3-4-14-12(10-13)2-5-15(20)16-14;1-2/h3-4,10H,2,5-9H2,1H3,(H,16,20);1H2. The van der Waals surface area contributed by atoms with Crippen molar-refractivity contribution >= 4 is 30.0 Å². The van der Waals surface area contributed by atoms with Crippen molar-refractivity contribution in [3.8, 4) is 0 Å². The molecule has 0 bridgehead atoms. The van der Waals surface area contributed by atoms with Gasteiger partial charge in [0.15, 0.2) is 0 Å². The van der Waals surface area contributed by atoms with Crippen molar-refractivity contribution in [2.24, 2.45) is 0 Å². The summed E-state index contributed by atoms with van der Waals surface area (Å²) in [7, 11) is 0. The van der Waals surface area contributed by atoms with Crippen LogP contribution in [0.4, 0.5) is 11.4 Å². The Morgan fingerprint density at radius 3 is 2.45 bits per heavy atom. The van der Waals surface area contributed by atoms with E-state index in [-0.39, 0.29) is 11.8 Å². The van der Waals surface area contributed by atoms with E-state index in [4.69, 9.17) is 4.79 Å². The minimum atomic E-state index is 0.0975. The summed E-state index contributed by atoms with van der Waals surface area (Å²) in [5, 5.41) is 2.90. The highest BCUT2D eigenvalue weighted by Crippen LogP contribution is 2.28. The number of nitrogens with one attached hydrogen (secondary N) is 1. The largest absolute Gasteiger partial charge is 0.368 e. The molecule has 6 heteroatoms. The van der Waals surface area contributed by atoms with Gasteiger partial charge < -0.3 is 19.9 Å². The van der Waals surface area contributed by atoms with Gasteiger partial charge in [-0.05, 0) is 30.2 Å². The molecule has 1 aromatic rings. The Bertz CT molecular complexity index is 566. The zero-order valence-corrected chi connectivity index (χ0v) is 12.8. The number of piperazine rings is 1. The first-order valence-corrected chi connectivity index (χ1v) is 7.35. The average molecular weight is 303 g/mol. The summed E-state index contributed by atoms with van der Waals surface area (Å²) in [6, 6.07) is 6.20. The Morgan fingerprint density at radius 2 is 1.82 bits per heavy atom. The summed E-state index contributed by atoms with van der Waals surface area (Å²) in [6.07, 6.45) is 1.37. The summed E-state index contributed by atoms with van der Waals surface area (Å²) in [6.45, 7) is 6.92. The highest BCUT2D eigenvalue weighted by Gasteiger charge is 2.20. The lowest BCUT2D eigenvalue weighted by molar-refractivity contribution is -0.129. The molecule has 6 nitrogen and oxygen atoms in total. The lowest BCUT2D eigenvalue weighted by Crippen LogP contribution is -2.48. The molecule has 0 saturated carbocycles. The number of carbonyl (C=O) groups is 3. The van der Waals surface area contributed by atoms with Crippen molar-refractivity contribution in [2.75, 3.05) is 36.4 Å². The van der Waals surface area contributed by atoms with E-state index in [1.807, 2.05) is 23.8 Å². The lowest BCUT2D eigenvalue weighted by Gasteiger charge is -2.36. The molecule has 118 valence electrons. The van der Waals surface area contributed by atoms with Gasteiger partial charge in [-0.25, -0.2) is 0 Å². The molecule has 2 amide bonds. The molecule has 1 saturated heterocycles. The number of hydrogen-bond donors (Lipinski definition) is 1. The molecule has 2 heterocycles. The minimum absolute atomic E-state index is 0.0975. The molecule has 0 unspecified atom stereocenters. The van der Waals surface area contributed by atoms with Gasteiger partial charge in [0.1, 0.15) is 6.79 Å². The van der Waals surface area contributed by atoms with Crippen LogP contribution >= 0.6 is 0 Å². The number of carbonyl (C=O) groups excluding carboxylic acids is 3. The molecule has 0 radical (unpaired) electrons. The van der Waals surface area contributed by atoms with Crippen molar-refractivity contribution in [3.05, 3.63) is 23.8 Å². The maximum atomic E-state index is 11.4. The molecule has 0 atom stereocenters. The van der Waals surface area contributed by atoms with E-state index < -0.39 is 0 Å². The second-order valence-corrected chi connectivity index (χ2v) is 5.38. The monoisotopic (exact) mass is 303 g/mol. The maximum Gasteiger partial charge on any atom is 0.224 e. The number of benzene rings is 1. The van der Waals surface area contributed by atoms with E-state index in [1.54, 1.807) is 6.92 Å². The number of amides is 2. The van der Waals surface area contributed by atoms with Crippen molar-refractivity contribution in [1.82, 2.24) is 4.90 Å². The Hall–Kier alpha value is -2.37. The molecule has 3 rings (SSSR count). The van der Waals surface area contributed by atoms with Crippen LogP contribution in [-0.4, -0.2) is 49.7 Å². The van der Waals surface area contributed by atoms with Gasteiger partial charge in [-0.2, -0.15) is 0 Å². The van der Waals surface area contributed by atoms with E-state index in [0.29, 0.717) is 6.42 Å². The fraction of sp³-hybridized carbons (Fsp3) is 0.438. The fourth-order valence-corrected chi connectivity index (χ4v) is 2.85. The normalized spacial score (nSPS) is 17.0. The summed E-state index contributed by atoms with van der Waals surface area (Å²) in [4.78, 5) is 34.9. The zero-order chi connectivity index (χ0) is 16.1. The van der Waals surface area contributed by atoms with Gasteiger partial charge in [0, 0.05) is 50.9 Å². The van der Waals surface area contributed by atoms with Crippen LogP contribution in [0.15, 0.2) is 18.2 Å². The first-order chi connectivity index (χ1) is 10.6. The van der Waals surface area contributed by atoms with E-state index in [1.165, 1.54) is 11.3 Å². The van der Waals surface area contributed by atoms with Gasteiger partial charge in [0.2, 0.25) is 11.8 Å². The van der Waals surface area contributed by atoms with Crippen LogP contribution in [-0.2, 0) is 20.8 Å². The average Bonchev–Trinajstić information content (AvgIpc) is 2.56. The highest BCUT2D eigenvalue weighted by atomic mass is 16.2. The van der Waals surface area contributed by atoms with E-state index in [9.17, 15) is 9.59 Å². The number of fused-ring (bicyclic) bond motifs is 1. The second-order valence-electron chi connectivity index (χ2n) is 5.38. The number of anilines is 2. The van der Waals surface area contributed by atoms with Gasteiger partial charge in [-0.3, -0.25) is 9.59 Å². The molecule has 2 aliphatic rings. The van der Waals surface area contributed by atoms with Gasteiger partial charge in [-0.15, -0.1) is 0 Å². The Morgan fingerprint density at radius 1 is 1.14 bits per heavy atom. The lowest BCUT2D eigenvalue weighted by atomic mass is 10.0. The van der Waals surface area contributed by atoms with Crippen LogP contribution in [0.3, 0.4) is 0 Å². The van der Waals surface area contributed by atoms with Gasteiger partial charge in [0.25, 0.3) is 0 Å². The molecule has 1 fully saturated rings. The van der Waals surface area contributed by atoms with Crippen LogP contribution in [0.25, 0.3) is 0 Å². The summed E-state index contributed by atoms with van der Waals surface area (Å²) >= 11 is 0. The van der Waals surface area contributed by atoms with Gasteiger partial charge >= 0.3 is 0 Å². The van der Waals surface area contributed by atoms with Crippen LogP contribution in [0.1, 0.15) is 18.9 Å².